The minimum atomic E-state index is 0.0954. The first kappa shape index (κ1) is 16.8. The fraction of sp³-hybridized carbons (Fsp3) is 0.353. The van der Waals surface area contributed by atoms with E-state index in [1.54, 1.807) is 7.11 Å². The van der Waals surface area contributed by atoms with E-state index >= 15 is 0 Å². The first-order chi connectivity index (χ1) is 12.0. The van der Waals surface area contributed by atoms with E-state index in [1.165, 1.54) is 6.20 Å². The van der Waals surface area contributed by atoms with Crippen LogP contribution in [0, 0.1) is 0 Å². The van der Waals surface area contributed by atoms with Gasteiger partial charge in [0.25, 0.3) is 0 Å². The molecular formula is C17H21N5O3. The Morgan fingerprint density at radius 2 is 1.96 bits per heavy atom. The van der Waals surface area contributed by atoms with Crippen LogP contribution in [0.1, 0.15) is 30.9 Å². The summed E-state index contributed by atoms with van der Waals surface area (Å²) in [5.74, 6) is 2.63. The summed E-state index contributed by atoms with van der Waals surface area (Å²) in [4.78, 5) is 12.2. The monoisotopic (exact) mass is 343 g/mol. The van der Waals surface area contributed by atoms with Crippen LogP contribution in [-0.4, -0.2) is 36.1 Å². The van der Waals surface area contributed by atoms with Gasteiger partial charge in [0.15, 0.2) is 11.6 Å². The maximum absolute atomic E-state index is 5.98. The van der Waals surface area contributed by atoms with Gasteiger partial charge >= 0.3 is 0 Å². The van der Waals surface area contributed by atoms with Gasteiger partial charge in [-0.15, -0.1) is 0 Å². The van der Waals surface area contributed by atoms with Crippen LogP contribution in [0.3, 0.4) is 0 Å². The molecule has 132 valence electrons. The Bertz CT molecular complexity index is 820. The average molecular weight is 343 g/mol. The number of ether oxygens (including phenoxy) is 3. The van der Waals surface area contributed by atoms with Crippen molar-refractivity contribution >= 4 is 17.7 Å². The van der Waals surface area contributed by atoms with Gasteiger partial charge in [0.2, 0.25) is 11.8 Å². The molecule has 25 heavy (non-hydrogen) atoms. The number of methoxy groups -OCH3 is 1. The lowest BCUT2D eigenvalue weighted by molar-refractivity contribution is 0.344. The molecule has 0 amide bonds. The summed E-state index contributed by atoms with van der Waals surface area (Å²) in [6.45, 7) is 5.31. The van der Waals surface area contributed by atoms with Crippen molar-refractivity contribution in [3.63, 3.8) is 0 Å². The zero-order chi connectivity index (χ0) is 18.0. The zero-order valence-electron chi connectivity index (χ0n) is 14.4. The SMILES string of the molecule is COc1cc(C(C)C)c(Oc2cnc(N)nc2N)cc1C1=NCCO1. The minimum absolute atomic E-state index is 0.0954. The Hall–Kier alpha value is -3.03. The standard InChI is InChI=1S/C17H21N5O3/c1-9(2)10-6-12(23-3)11(16-20-4-5-24-16)7-13(10)25-14-8-21-17(19)22-15(14)18/h6-9H,4-5H2,1-3H3,(H4,18,19,21,22). The summed E-state index contributed by atoms with van der Waals surface area (Å²) < 4.78 is 17.1. The molecule has 1 aromatic heterocycles. The highest BCUT2D eigenvalue weighted by atomic mass is 16.5. The second-order valence-electron chi connectivity index (χ2n) is 5.86. The number of nitrogen functional groups attached to an aromatic ring is 2. The fourth-order valence-electron chi connectivity index (χ4n) is 2.54. The first-order valence-electron chi connectivity index (χ1n) is 7.95. The second-order valence-corrected chi connectivity index (χ2v) is 5.86. The van der Waals surface area contributed by atoms with Crippen LogP contribution < -0.4 is 20.9 Å². The molecule has 0 aliphatic carbocycles. The number of anilines is 2. The zero-order valence-corrected chi connectivity index (χ0v) is 14.4. The Morgan fingerprint density at radius 3 is 2.56 bits per heavy atom. The van der Waals surface area contributed by atoms with Crippen molar-refractivity contribution in [1.29, 1.82) is 0 Å². The molecule has 0 atom stereocenters. The molecule has 2 heterocycles. The summed E-state index contributed by atoms with van der Waals surface area (Å²) in [5.41, 5.74) is 13.1. The topological polar surface area (TPSA) is 118 Å². The highest BCUT2D eigenvalue weighted by molar-refractivity contribution is 5.98. The summed E-state index contributed by atoms with van der Waals surface area (Å²) in [5, 5.41) is 0. The molecule has 0 spiro atoms. The van der Waals surface area contributed by atoms with E-state index in [0.29, 0.717) is 36.3 Å². The fourth-order valence-corrected chi connectivity index (χ4v) is 2.54. The predicted octanol–water partition coefficient (Wildman–Crippen LogP) is 2.34. The van der Waals surface area contributed by atoms with Crippen LogP contribution in [0.4, 0.5) is 11.8 Å². The molecule has 8 heteroatoms. The van der Waals surface area contributed by atoms with E-state index in [1.807, 2.05) is 12.1 Å². The molecule has 0 saturated carbocycles. The third kappa shape index (κ3) is 3.42. The van der Waals surface area contributed by atoms with Gasteiger partial charge in [-0.25, -0.2) is 9.98 Å². The van der Waals surface area contributed by atoms with Crippen molar-refractivity contribution < 1.29 is 14.2 Å². The van der Waals surface area contributed by atoms with Gasteiger partial charge in [0.05, 0.1) is 25.4 Å². The number of nitrogens with zero attached hydrogens (tertiary/aromatic N) is 3. The minimum Gasteiger partial charge on any atom is -0.496 e. The van der Waals surface area contributed by atoms with E-state index in [-0.39, 0.29) is 17.7 Å². The summed E-state index contributed by atoms with van der Waals surface area (Å²) in [6, 6.07) is 3.77. The Balaban J connectivity index is 2.08. The molecular weight excluding hydrogens is 322 g/mol. The third-order valence-corrected chi connectivity index (χ3v) is 3.79. The number of rotatable bonds is 5. The van der Waals surface area contributed by atoms with E-state index < -0.39 is 0 Å². The molecule has 3 rings (SSSR count). The number of nitrogens with two attached hydrogens (primary N) is 2. The third-order valence-electron chi connectivity index (χ3n) is 3.79. The lowest BCUT2D eigenvalue weighted by atomic mass is 9.99. The van der Waals surface area contributed by atoms with E-state index in [4.69, 9.17) is 25.7 Å². The smallest absolute Gasteiger partial charge is 0.222 e. The molecule has 0 radical (unpaired) electrons. The number of benzene rings is 1. The lowest BCUT2D eigenvalue weighted by Gasteiger charge is -2.18. The highest BCUT2D eigenvalue weighted by Gasteiger charge is 2.21. The first-order valence-corrected chi connectivity index (χ1v) is 7.95. The van der Waals surface area contributed by atoms with Crippen molar-refractivity contribution in [3.05, 3.63) is 29.5 Å². The van der Waals surface area contributed by atoms with Gasteiger partial charge in [0.1, 0.15) is 18.1 Å². The van der Waals surface area contributed by atoms with E-state index in [0.717, 1.165) is 11.1 Å². The highest BCUT2D eigenvalue weighted by Crippen LogP contribution is 2.38. The normalized spacial score (nSPS) is 13.5. The summed E-state index contributed by atoms with van der Waals surface area (Å²) in [7, 11) is 1.62. The molecule has 1 aliphatic heterocycles. The molecule has 0 fully saturated rings. The van der Waals surface area contributed by atoms with Crippen molar-refractivity contribution in [3.8, 4) is 17.2 Å². The number of aromatic nitrogens is 2. The van der Waals surface area contributed by atoms with Gasteiger partial charge in [-0.1, -0.05) is 13.8 Å². The molecule has 0 bridgehead atoms. The molecule has 1 aromatic carbocycles. The van der Waals surface area contributed by atoms with Crippen molar-refractivity contribution in [1.82, 2.24) is 9.97 Å². The quantitative estimate of drug-likeness (QED) is 0.855. The van der Waals surface area contributed by atoms with E-state index in [2.05, 4.69) is 28.8 Å². The number of hydrogen-bond donors (Lipinski definition) is 2. The van der Waals surface area contributed by atoms with E-state index in [9.17, 15) is 0 Å². The van der Waals surface area contributed by atoms with Crippen molar-refractivity contribution in [2.45, 2.75) is 19.8 Å². The number of aliphatic imine (C=N–C) groups is 1. The van der Waals surface area contributed by atoms with Crippen LogP contribution in [0.15, 0.2) is 23.3 Å². The maximum Gasteiger partial charge on any atom is 0.222 e. The molecule has 8 nitrogen and oxygen atoms in total. The van der Waals surface area contributed by atoms with Gasteiger partial charge in [-0.2, -0.15) is 4.98 Å². The van der Waals surface area contributed by atoms with Gasteiger partial charge in [0, 0.05) is 5.56 Å². The van der Waals surface area contributed by atoms with Crippen LogP contribution in [0.2, 0.25) is 0 Å². The lowest BCUT2D eigenvalue weighted by Crippen LogP contribution is -2.07. The molecule has 0 saturated heterocycles. The predicted molar refractivity (Wildman–Crippen MR) is 95.4 cm³/mol. The molecule has 4 N–H and O–H groups in total. The van der Waals surface area contributed by atoms with Crippen molar-refractivity contribution in [2.24, 2.45) is 4.99 Å². The second kappa shape index (κ2) is 6.84. The Labute approximate surface area is 145 Å². The summed E-state index contributed by atoms with van der Waals surface area (Å²) >= 11 is 0. The van der Waals surface area contributed by atoms with Gasteiger partial charge < -0.3 is 25.7 Å². The summed E-state index contributed by atoms with van der Waals surface area (Å²) in [6.07, 6.45) is 1.45. The largest absolute Gasteiger partial charge is 0.496 e. The van der Waals surface area contributed by atoms with Crippen molar-refractivity contribution in [2.75, 3.05) is 31.7 Å². The number of hydrogen-bond acceptors (Lipinski definition) is 8. The van der Waals surface area contributed by atoms with Gasteiger partial charge in [-0.3, -0.25) is 0 Å². The van der Waals surface area contributed by atoms with Crippen LogP contribution in [-0.2, 0) is 4.74 Å². The molecule has 0 unspecified atom stereocenters. The van der Waals surface area contributed by atoms with Crippen LogP contribution in [0.5, 0.6) is 17.2 Å². The van der Waals surface area contributed by atoms with Crippen LogP contribution in [0.25, 0.3) is 0 Å². The maximum atomic E-state index is 5.98. The molecule has 2 aromatic rings. The average Bonchev–Trinajstić information content (AvgIpc) is 3.11. The Kier molecular flexibility index (Phi) is 4.60. The van der Waals surface area contributed by atoms with Gasteiger partial charge in [-0.05, 0) is 18.1 Å². The van der Waals surface area contributed by atoms with Crippen LogP contribution >= 0.6 is 0 Å². The Morgan fingerprint density at radius 1 is 1.16 bits per heavy atom. The molecule has 1 aliphatic rings.